The number of phenolic OH excluding ortho intramolecular Hbond substituents is 3. The highest BCUT2D eigenvalue weighted by Gasteiger charge is 2.36. The first-order chi connectivity index (χ1) is 27.1. The molecular formula is C50H49NO5. The molecule has 0 heterocycles. The Kier molecular flexibility index (Phi) is 12.6. The molecule has 0 aliphatic rings. The fraction of sp³-hybridized carbons (Fsp3) is 0.160. The van der Waals surface area contributed by atoms with Crippen molar-refractivity contribution in [1.29, 1.82) is 0 Å². The Morgan fingerprint density at radius 2 is 0.821 bits per heavy atom. The lowest BCUT2D eigenvalue weighted by Gasteiger charge is -2.36. The van der Waals surface area contributed by atoms with Crippen LogP contribution in [-0.4, -0.2) is 29.2 Å². The van der Waals surface area contributed by atoms with Crippen molar-refractivity contribution >= 4 is 17.1 Å². The van der Waals surface area contributed by atoms with Crippen LogP contribution in [-0.2, 0) is 24.0 Å². The topological polar surface area (TPSA) is 93.0 Å². The van der Waals surface area contributed by atoms with Gasteiger partial charge in [-0.3, -0.25) is 0 Å². The van der Waals surface area contributed by atoms with Gasteiger partial charge < -0.3 is 25.2 Å². The highest BCUT2D eigenvalue weighted by molar-refractivity contribution is 5.70. The first kappa shape index (κ1) is 39.4. The Bertz CT molecular complexity index is 2280. The van der Waals surface area contributed by atoms with Gasteiger partial charge in [-0.15, -0.1) is 5.75 Å². The second kappa shape index (κ2) is 17.9. The van der Waals surface area contributed by atoms with E-state index >= 15 is 0 Å². The first-order valence-electron chi connectivity index (χ1n) is 18.8. The molecular weight excluding hydrogens is 695 g/mol. The van der Waals surface area contributed by atoms with Gasteiger partial charge in [-0.05, 0) is 55.2 Å². The SMILES string of the molecule is COC[N+](c1ccccc1)(c1ccccc1)c1ccccc1.Cc1ccc(O)c(Cc2cccc(Cc3cc(C)cc(Cc4cc(C)ccc4O)c3O)c2[O-])c1. The van der Waals surface area contributed by atoms with Gasteiger partial charge in [0, 0.05) is 62.8 Å². The third-order valence-corrected chi connectivity index (χ3v) is 10.1. The maximum Gasteiger partial charge on any atom is 0.196 e. The van der Waals surface area contributed by atoms with E-state index in [1.165, 1.54) is 17.1 Å². The number of rotatable bonds is 11. The minimum Gasteiger partial charge on any atom is -0.872 e. The number of ether oxygens (including phenoxy) is 1. The standard InChI is InChI=1S/C30H30O4.C20H20NO/c1-18-7-9-27(31)23(11-18)15-21-5-4-6-22(29(21)33)16-25-13-20(3)14-26(30(25)34)17-24-12-19(2)8-10-28(24)32;1-22-17-21(18-11-5-2-6-12-18,19-13-7-3-8-14-19)20-15-9-4-10-16-20/h4-14,31-34H,15-17H2,1-3H3;2-16H,17H2,1H3/q;+1/p-1. The van der Waals surface area contributed by atoms with E-state index in [0.29, 0.717) is 58.3 Å². The fourth-order valence-electron chi connectivity index (χ4n) is 7.36. The predicted octanol–water partition coefficient (Wildman–Crippen LogP) is 10.8. The molecule has 0 aromatic heterocycles. The van der Waals surface area contributed by atoms with Crippen LogP contribution in [0, 0.1) is 20.8 Å². The van der Waals surface area contributed by atoms with Crippen molar-refractivity contribution in [1.82, 2.24) is 4.48 Å². The Morgan fingerprint density at radius 3 is 1.23 bits per heavy atom. The summed E-state index contributed by atoms with van der Waals surface area (Å²) in [6.45, 7) is 6.41. The molecule has 56 heavy (non-hydrogen) atoms. The number of aryl methyl sites for hydroxylation is 3. The molecule has 0 amide bonds. The monoisotopic (exact) mass is 743 g/mol. The Hall–Kier alpha value is -6.34. The van der Waals surface area contributed by atoms with Gasteiger partial charge in [-0.1, -0.05) is 137 Å². The summed E-state index contributed by atoms with van der Waals surface area (Å²) in [5.41, 5.74) is 10.6. The van der Waals surface area contributed by atoms with Crippen molar-refractivity contribution < 1.29 is 25.2 Å². The van der Waals surface area contributed by atoms with E-state index in [-0.39, 0.29) is 23.0 Å². The lowest BCUT2D eigenvalue weighted by Crippen LogP contribution is -2.40. The van der Waals surface area contributed by atoms with Gasteiger partial charge in [0.1, 0.15) is 34.3 Å². The van der Waals surface area contributed by atoms with Crippen molar-refractivity contribution in [2.75, 3.05) is 13.8 Å². The molecule has 0 saturated carbocycles. The van der Waals surface area contributed by atoms with Crippen LogP contribution in [0.2, 0.25) is 0 Å². The second-order valence-electron chi connectivity index (χ2n) is 14.4. The van der Waals surface area contributed by atoms with Gasteiger partial charge in [-0.25, -0.2) is 4.48 Å². The molecule has 0 spiro atoms. The molecule has 7 aromatic rings. The molecule has 0 aliphatic heterocycles. The summed E-state index contributed by atoms with van der Waals surface area (Å²) >= 11 is 0. The smallest absolute Gasteiger partial charge is 0.196 e. The van der Waals surface area contributed by atoms with Crippen LogP contribution < -0.4 is 9.59 Å². The van der Waals surface area contributed by atoms with E-state index in [0.717, 1.165) is 22.3 Å². The number of para-hydroxylation sites is 4. The first-order valence-corrected chi connectivity index (χ1v) is 18.8. The van der Waals surface area contributed by atoms with Crippen LogP contribution >= 0.6 is 0 Å². The van der Waals surface area contributed by atoms with Crippen LogP contribution in [0.3, 0.4) is 0 Å². The van der Waals surface area contributed by atoms with Crippen molar-refractivity contribution in [3.05, 3.63) is 208 Å². The summed E-state index contributed by atoms with van der Waals surface area (Å²) in [6.07, 6.45) is 1.04. The van der Waals surface area contributed by atoms with E-state index in [1.807, 2.05) is 81.4 Å². The molecule has 0 unspecified atom stereocenters. The van der Waals surface area contributed by atoms with Crippen LogP contribution in [0.4, 0.5) is 17.1 Å². The number of benzene rings is 7. The average Bonchev–Trinajstić information content (AvgIpc) is 3.21. The molecule has 284 valence electrons. The molecule has 3 N–H and O–H groups in total. The maximum atomic E-state index is 13.2. The van der Waals surface area contributed by atoms with Gasteiger partial charge in [0.05, 0.1) is 0 Å². The molecule has 6 heteroatoms. The van der Waals surface area contributed by atoms with E-state index in [4.69, 9.17) is 4.74 Å². The number of phenols is 3. The highest BCUT2D eigenvalue weighted by atomic mass is 16.5. The summed E-state index contributed by atoms with van der Waals surface area (Å²) < 4.78 is 6.18. The molecule has 0 saturated heterocycles. The average molecular weight is 744 g/mol. The minimum absolute atomic E-state index is 0.0813. The van der Waals surface area contributed by atoms with Crippen LogP contribution in [0.15, 0.2) is 158 Å². The number of hydrogen-bond acceptors (Lipinski definition) is 5. The maximum absolute atomic E-state index is 13.2. The molecule has 0 atom stereocenters. The van der Waals surface area contributed by atoms with Crippen LogP contribution in [0.25, 0.3) is 0 Å². The van der Waals surface area contributed by atoms with Gasteiger partial charge >= 0.3 is 0 Å². The van der Waals surface area contributed by atoms with E-state index in [2.05, 4.69) is 72.8 Å². The molecule has 7 aromatic carbocycles. The normalized spacial score (nSPS) is 11.1. The Morgan fingerprint density at radius 1 is 0.446 bits per heavy atom. The van der Waals surface area contributed by atoms with E-state index in [1.54, 1.807) is 31.4 Å². The Labute approximate surface area is 330 Å². The quantitative estimate of drug-likeness (QED) is 0.0906. The molecule has 0 bridgehead atoms. The number of quaternary nitrogens is 1. The van der Waals surface area contributed by atoms with Gasteiger partial charge in [0.15, 0.2) is 6.73 Å². The molecule has 0 aliphatic carbocycles. The van der Waals surface area contributed by atoms with Crippen LogP contribution in [0.5, 0.6) is 23.0 Å². The molecule has 0 radical (unpaired) electrons. The zero-order valence-electron chi connectivity index (χ0n) is 32.4. The molecule has 6 nitrogen and oxygen atoms in total. The van der Waals surface area contributed by atoms with Gasteiger partial charge in [0.2, 0.25) is 0 Å². The van der Waals surface area contributed by atoms with Crippen molar-refractivity contribution in [3.8, 4) is 23.0 Å². The summed E-state index contributed by atoms with van der Waals surface area (Å²) in [4.78, 5) is 0. The molecule has 0 fully saturated rings. The second-order valence-corrected chi connectivity index (χ2v) is 14.4. The van der Waals surface area contributed by atoms with Gasteiger partial charge in [0.25, 0.3) is 0 Å². The minimum atomic E-state index is -0.0813. The number of aromatic hydroxyl groups is 3. The highest BCUT2D eigenvalue weighted by Crippen LogP contribution is 2.43. The number of hydrogen-bond donors (Lipinski definition) is 3. The van der Waals surface area contributed by atoms with Gasteiger partial charge in [-0.2, -0.15) is 0 Å². The third-order valence-electron chi connectivity index (χ3n) is 10.1. The summed E-state index contributed by atoms with van der Waals surface area (Å²) in [6, 6.07) is 51.5. The van der Waals surface area contributed by atoms with Crippen LogP contribution in [0.1, 0.15) is 50.1 Å². The fourth-order valence-corrected chi connectivity index (χ4v) is 7.36. The lowest BCUT2D eigenvalue weighted by atomic mass is 9.93. The van der Waals surface area contributed by atoms with Crippen molar-refractivity contribution in [3.63, 3.8) is 0 Å². The number of methoxy groups -OCH3 is 1. The van der Waals surface area contributed by atoms with Crippen molar-refractivity contribution in [2.45, 2.75) is 40.0 Å². The zero-order valence-corrected chi connectivity index (χ0v) is 32.4. The van der Waals surface area contributed by atoms with E-state index in [9.17, 15) is 20.4 Å². The van der Waals surface area contributed by atoms with E-state index < -0.39 is 0 Å². The largest absolute Gasteiger partial charge is 0.872 e. The predicted molar refractivity (Wildman–Crippen MR) is 225 cm³/mol. The van der Waals surface area contributed by atoms with Crippen molar-refractivity contribution in [2.24, 2.45) is 0 Å². The summed E-state index contributed by atoms with van der Waals surface area (Å²) in [7, 11) is 1.75. The lowest BCUT2D eigenvalue weighted by molar-refractivity contribution is -0.270. The molecule has 7 rings (SSSR count). The zero-order chi connectivity index (χ0) is 39.7. The summed E-state index contributed by atoms with van der Waals surface area (Å²) in [5, 5.41) is 44.7. The summed E-state index contributed by atoms with van der Waals surface area (Å²) in [5.74, 6) is 0.438. The number of nitrogens with zero attached hydrogens (tertiary/aromatic N) is 1. The Balaban J connectivity index is 0.000000208. The third kappa shape index (κ3) is 8.95.